The van der Waals surface area contributed by atoms with Gasteiger partial charge in [0, 0.05) is 6.42 Å². The lowest BCUT2D eigenvalue weighted by atomic mass is 9.90. The van der Waals surface area contributed by atoms with Gasteiger partial charge in [0.15, 0.2) is 0 Å². The van der Waals surface area contributed by atoms with E-state index in [0.29, 0.717) is 0 Å². The molecule has 23 heavy (non-hydrogen) atoms. The van der Waals surface area contributed by atoms with Crippen molar-refractivity contribution in [2.75, 3.05) is 0 Å². The van der Waals surface area contributed by atoms with Gasteiger partial charge in [-0.15, -0.1) is 0 Å². The highest BCUT2D eigenvalue weighted by atomic mass is 19.4. The van der Waals surface area contributed by atoms with E-state index in [1.165, 1.54) is 12.1 Å². The summed E-state index contributed by atoms with van der Waals surface area (Å²) >= 11 is 0. The SMILES string of the molecule is N#Cc1cccc(C(O)CC(O)C(F)(C(F)(F)F)C(F)(F)F)c1. The second-order valence-corrected chi connectivity index (χ2v) is 4.71. The number of benzene rings is 1. The fraction of sp³-hybridized carbons (Fsp3) is 0.462. The van der Waals surface area contributed by atoms with Crippen molar-refractivity contribution in [3.05, 3.63) is 35.4 Å². The minimum Gasteiger partial charge on any atom is -0.389 e. The van der Waals surface area contributed by atoms with Gasteiger partial charge in [-0.05, 0) is 17.7 Å². The molecule has 2 unspecified atom stereocenters. The maximum Gasteiger partial charge on any atom is 0.434 e. The Kier molecular flexibility index (Phi) is 5.28. The second-order valence-electron chi connectivity index (χ2n) is 4.71. The molecule has 3 nitrogen and oxygen atoms in total. The van der Waals surface area contributed by atoms with E-state index in [4.69, 9.17) is 10.4 Å². The average Bonchev–Trinajstić information content (AvgIpc) is 2.43. The van der Waals surface area contributed by atoms with Gasteiger partial charge < -0.3 is 10.2 Å². The minimum absolute atomic E-state index is 0.0193. The molecule has 2 N–H and O–H groups in total. The Balaban J connectivity index is 3.08. The molecule has 0 aromatic heterocycles. The third-order valence-electron chi connectivity index (χ3n) is 3.13. The van der Waals surface area contributed by atoms with Gasteiger partial charge in [-0.2, -0.15) is 31.6 Å². The van der Waals surface area contributed by atoms with Crippen LogP contribution in [0.25, 0.3) is 0 Å². The Bertz CT molecular complexity index is 577. The standard InChI is InChI=1S/C13H10F7NO2/c14-11(12(15,16)17,13(18,19)20)10(23)5-9(22)8-3-1-2-7(4-8)6-21/h1-4,9-10,22-23H,5H2. The van der Waals surface area contributed by atoms with Crippen molar-refractivity contribution in [3.63, 3.8) is 0 Å². The molecule has 2 atom stereocenters. The number of hydrogen-bond acceptors (Lipinski definition) is 3. The molecular formula is C13H10F7NO2. The molecule has 0 aliphatic heterocycles. The number of nitriles is 1. The van der Waals surface area contributed by atoms with E-state index in [1.54, 1.807) is 6.07 Å². The number of alkyl halides is 7. The van der Waals surface area contributed by atoms with Gasteiger partial charge in [-0.1, -0.05) is 12.1 Å². The third kappa shape index (κ3) is 3.73. The molecule has 0 fully saturated rings. The van der Waals surface area contributed by atoms with Gasteiger partial charge >= 0.3 is 18.0 Å². The van der Waals surface area contributed by atoms with Crippen molar-refractivity contribution in [2.24, 2.45) is 0 Å². The Morgan fingerprint density at radius 3 is 1.96 bits per heavy atom. The van der Waals surface area contributed by atoms with Crippen molar-refractivity contribution in [2.45, 2.75) is 36.7 Å². The van der Waals surface area contributed by atoms with E-state index in [2.05, 4.69) is 0 Å². The lowest BCUT2D eigenvalue weighted by Gasteiger charge is -2.34. The summed E-state index contributed by atoms with van der Waals surface area (Å²) in [4.78, 5) is 0. The summed E-state index contributed by atoms with van der Waals surface area (Å²) in [5.41, 5.74) is -6.13. The molecule has 0 heterocycles. The van der Waals surface area contributed by atoms with Crippen LogP contribution in [0.4, 0.5) is 30.7 Å². The third-order valence-corrected chi connectivity index (χ3v) is 3.13. The first-order valence-corrected chi connectivity index (χ1v) is 6.03. The van der Waals surface area contributed by atoms with Crippen molar-refractivity contribution < 1.29 is 40.9 Å². The van der Waals surface area contributed by atoms with E-state index >= 15 is 0 Å². The summed E-state index contributed by atoms with van der Waals surface area (Å²) < 4.78 is 88.2. The number of hydrogen-bond donors (Lipinski definition) is 2. The zero-order valence-corrected chi connectivity index (χ0v) is 11.2. The molecule has 1 aromatic carbocycles. The Morgan fingerprint density at radius 1 is 1.00 bits per heavy atom. The van der Waals surface area contributed by atoms with Crippen LogP contribution >= 0.6 is 0 Å². The molecule has 10 heteroatoms. The first kappa shape index (κ1) is 19.2. The van der Waals surface area contributed by atoms with Crippen LogP contribution in [-0.4, -0.2) is 34.3 Å². The van der Waals surface area contributed by atoms with Crippen molar-refractivity contribution >= 4 is 0 Å². The largest absolute Gasteiger partial charge is 0.434 e. The highest BCUT2D eigenvalue weighted by Gasteiger charge is 2.76. The highest BCUT2D eigenvalue weighted by molar-refractivity contribution is 5.33. The van der Waals surface area contributed by atoms with Gasteiger partial charge in [-0.3, -0.25) is 0 Å². The number of rotatable bonds is 4. The van der Waals surface area contributed by atoms with Crippen LogP contribution < -0.4 is 0 Å². The number of nitrogens with zero attached hydrogens (tertiary/aromatic N) is 1. The smallest absolute Gasteiger partial charge is 0.389 e. The fourth-order valence-corrected chi connectivity index (χ4v) is 1.86. The Hall–Kier alpha value is -1.86. The second kappa shape index (κ2) is 6.33. The molecule has 0 radical (unpaired) electrons. The van der Waals surface area contributed by atoms with Crippen LogP contribution in [0.5, 0.6) is 0 Å². The molecule has 0 saturated carbocycles. The van der Waals surface area contributed by atoms with Crippen LogP contribution in [0.1, 0.15) is 23.7 Å². The average molecular weight is 345 g/mol. The zero-order valence-electron chi connectivity index (χ0n) is 11.2. The molecule has 1 aromatic rings. The molecule has 0 aliphatic rings. The monoisotopic (exact) mass is 345 g/mol. The van der Waals surface area contributed by atoms with Crippen LogP contribution in [0.3, 0.4) is 0 Å². The number of aliphatic hydroxyl groups is 2. The van der Waals surface area contributed by atoms with Gasteiger partial charge in [0.1, 0.15) is 6.10 Å². The molecule has 128 valence electrons. The maximum atomic E-state index is 13.6. The van der Waals surface area contributed by atoms with Crippen LogP contribution in [-0.2, 0) is 0 Å². The van der Waals surface area contributed by atoms with Gasteiger partial charge in [0.2, 0.25) is 0 Å². The summed E-state index contributed by atoms with van der Waals surface area (Å²) in [5, 5.41) is 27.4. The summed E-state index contributed by atoms with van der Waals surface area (Å²) in [6, 6.07) is 6.25. The van der Waals surface area contributed by atoms with Gasteiger partial charge in [-0.25, -0.2) is 4.39 Å². The van der Waals surface area contributed by atoms with Gasteiger partial charge in [0.25, 0.3) is 0 Å². The van der Waals surface area contributed by atoms with Crippen LogP contribution in [0.15, 0.2) is 24.3 Å². The topological polar surface area (TPSA) is 64.2 Å². The van der Waals surface area contributed by atoms with E-state index in [-0.39, 0.29) is 11.1 Å². The normalized spacial score (nSPS) is 15.8. The van der Waals surface area contributed by atoms with E-state index in [9.17, 15) is 35.8 Å². The molecule has 0 saturated heterocycles. The zero-order chi connectivity index (χ0) is 18.1. The van der Waals surface area contributed by atoms with Crippen LogP contribution in [0, 0.1) is 11.3 Å². The van der Waals surface area contributed by atoms with E-state index in [1.807, 2.05) is 0 Å². The van der Waals surface area contributed by atoms with Crippen molar-refractivity contribution in [3.8, 4) is 6.07 Å². The Labute approximate surface area is 125 Å². The summed E-state index contributed by atoms with van der Waals surface area (Å²) in [6.45, 7) is 0. The van der Waals surface area contributed by atoms with Crippen molar-refractivity contribution in [1.82, 2.24) is 0 Å². The summed E-state index contributed by atoms with van der Waals surface area (Å²) in [5.74, 6) is 0. The first-order chi connectivity index (χ1) is 10.3. The quantitative estimate of drug-likeness (QED) is 0.824. The lowest BCUT2D eigenvalue weighted by Crippen LogP contribution is -2.61. The predicted molar refractivity (Wildman–Crippen MR) is 62.7 cm³/mol. The maximum absolute atomic E-state index is 13.6. The fourth-order valence-electron chi connectivity index (χ4n) is 1.86. The number of halogens is 7. The van der Waals surface area contributed by atoms with Crippen LogP contribution in [0.2, 0.25) is 0 Å². The van der Waals surface area contributed by atoms with Gasteiger partial charge in [0.05, 0.1) is 17.7 Å². The molecule has 0 aliphatic carbocycles. The molecule has 1 rings (SSSR count). The molecule has 0 amide bonds. The molecule has 0 spiro atoms. The van der Waals surface area contributed by atoms with E-state index < -0.39 is 36.7 Å². The van der Waals surface area contributed by atoms with Crippen molar-refractivity contribution in [1.29, 1.82) is 5.26 Å². The predicted octanol–water partition coefficient (Wildman–Crippen LogP) is 3.18. The summed E-state index contributed by atoms with van der Waals surface area (Å²) in [7, 11) is 0. The first-order valence-electron chi connectivity index (χ1n) is 6.03. The number of aliphatic hydroxyl groups excluding tert-OH is 2. The Morgan fingerprint density at radius 2 is 1.52 bits per heavy atom. The molecule has 0 bridgehead atoms. The molecular weight excluding hydrogens is 335 g/mol. The highest BCUT2D eigenvalue weighted by Crippen LogP contribution is 2.49. The van der Waals surface area contributed by atoms with E-state index in [0.717, 1.165) is 12.1 Å². The minimum atomic E-state index is -6.42. The summed E-state index contributed by atoms with van der Waals surface area (Å²) in [6.07, 6.45) is -20.0. The lowest BCUT2D eigenvalue weighted by molar-refractivity contribution is -0.366.